The molecule has 0 radical (unpaired) electrons. The molecule has 4 rings (SSSR count). The molecule has 2 aromatic carbocycles. The number of fused-ring (bicyclic) bond motifs is 2. The van der Waals surface area contributed by atoms with Crippen molar-refractivity contribution in [3.05, 3.63) is 56.3 Å². The Morgan fingerprint density at radius 1 is 0.760 bits per heavy atom. The van der Waals surface area contributed by atoms with Crippen LogP contribution in [0.15, 0.2) is 36.4 Å². The fourth-order valence-electron chi connectivity index (χ4n) is 3.22. The summed E-state index contributed by atoms with van der Waals surface area (Å²) in [5.41, 5.74) is 5.39. The van der Waals surface area contributed by atoms with Crippen LogP contribution in [-0.2, 0) is 13.1 Å². The van der Waals surface area contributed by atoms with Crippen molar-refractivity contribution in [3.8, 4) is 0 Å². The first-order valence-electron chi connectivity index (χ1n) is 8.68. The van der Waals surface area contributed by atoms with E-state index >= 15 is 0 Å². The molecule has 0 aliphatic carbocycles. The van der Waals surface area contributed by atoms with Gasteiger partial charge < -0.3 is 0 Å². The molecule has 0 saturated carbocycles. The quantitative estimate of drug-likeness (QED) is 0.326. The zero-order valence-electron chi connectivity index (χ0n) is 15.0. The third kappa shape index (κ3) is 3.01. The molecule has 0 amide bonds. The van der Waals surface area contributed by atoms with Gasteiger partial charge in [0.25, 0.3) is 0 Å². The number of rotatable bonds is 2. The predicted molar refractivity (Wildman–Crippen MR) is 114 cm³/mol. The molecule has 2 aromatic heterocycles. The van der Waals surface area contributed by atoms with E-state index in [1.54, 1.807) is 0 Å². The van der Waals surface area contributed by atoms with Gasteiger partial charge in [-0.3, -0.25) is 0 Å². The van der Waals surface area contributed by atoms with Crippen molar-refractivity contribution in [2.24, 2.45) is 0 Å². The van der Waals surface area contributed by atoms with E-state index < -0.39 is 0 Å². The molecule has 25 heavy (non-hydrogen) atoms. The molecule has 2 heterocycles. The average Bonchev–Trinajstić information content (AvgIpc) is 3.10. The van der Waals surface area contributed by atoms with Gasteiger partial charge in [0, 0.05) is 0 Å². The topological polar surface area (TPSA) is 9.86 Å². The molecule has 0 spiro atoms. The standard InChI is InChI=1S/C20H22N2PS2/c1-5-21-15-9-7-13(3)11-17(15)24-19(21)23-20-22(6-2)16-10-8-14(4)12-18(16)25-20/h7-12H,5-6H2,1-4H3/q+1. The molecule has 4 aromatic rings. The van der Waals surface area contributed by atoms with Crippen molar-refractivity contribution in [2.75, 3.05) is 0 Å². The number of aryl methyl sites for hydroxylation is 4. The van der Waals surface area contributed by atoms with Crippen molar-refractivity contribution < 1.29 is 0 Å². The maximum absolute atomic E-state index is 2.47. The summed E-state index contributed by atoms with van der Waals surface area (Å²) in [5, 5.41) is 0. The fraction of sp³-hybridized carbons (Fsp3) is 0.300. The Morgan fingerprint density at radius 3 is 1.60 bits per heavy atom. The normalized spacial score (nSPS) is 11.5. The van der Waals surface area contributed by atoms with Crippen LogP contribution < -0.4 is 0 Å². The first-order valence-corrected chi connectivity index (χ1v) is 11.2. The summed E-state index contributed by atoms with van der Waals surface area (Å²) in [6.07, 6.45) is 0. The molecule has 0 saturated heterocycles. The Bertz CT molecular complexity index is 1140. The number of benzene rings is 2. The van der Waals surface area contributed by atoms with Gasteiger partial charge in [-0.2, -0.15) is 0 Å². The summed E-state index contributed by atoms with van der Waals surface area (Å²) in [6, 6.07) is 13.6. The third-order valence-electron chi connectivity index (χ3n) is 4.50. The number of nitrogens with zero attached hydrogens (tertiary/aromatic N) is 2. The molecular formula is C20H22N2PS2+. The molecule has 0 aliphatic rings. The van der Waals surface area contributed by atoms with Gasteiger partial charge in [-0.25, -0.2) is 0 Å². The Kier molecular flexibility index (Phi) is 4.61. The van der Waals surface area contributed by atoms with Gasteiger partial charge in [-0.15, -0.1) is 0 Å². The van der Waals surface area contributed by atoms with Gasteiger partial charge in [-0.05, 0) is 0 Å². The molecule has 2 nitrogen and oxygen atoms in total. The van der Waals surface area contributed by atoms with Crippen LogP contribution in [0.4, 0.5) is 0 Å². The summed E-state index contributed by atoms with van der Waals surface area (Å²) < 4.78 is 10.6. The van der Waals surface area contributed by atoms with Crippen molar-refractivity contribution in [1.82, 2.24) is 9.13 Å². The molecule has 5 heteroatoms. The Balaban J connectivity index is 2.17. The molecule has 0 bridgehead atoms. The first-order chi connectivity index (χ1) is 12.1. The average molecular weight is 386 g/mol. The summed E-state index contributed by atoms with van der Waals surface area (Å²) in [7, 11) is 1.31. The van der Waals surface area contributed by atoms with E-state index in [4.69, 9.17) is 0 Å². The zero-order chi connectivity index (χ0) is 17.6. The van der Waals surface area contributed by atoms with Gasteiger partial charge in [0.15, 0.2) is 0 Å². The maximum atomic E-state index is 2.47. The van der Waals surface area contributed by atoms with Gasteiger partial charge in [-0.1, -0.05) is 0 Å². The molecule has 0 atom stereocenters. The van der Waals surface area contributed by atoms with Crippen LogP contribution in [0.5, 0.6) is 0 Å². The van der Waals surface area contributed by atoms with Crippen LogP contribution in [0, 0.1) is 22.6 Å². The van der Waals surface area contributed by atoms with E-state index in [9.17, 15) is 0 Å². The summed E-state index contributed by atoms with van der Waals surface area (Å²) in [6.45, 7) is 10.9. The minimum absolute atomic E-state index is 1.02. The van der Waals surface area contributed by atoms with E-state index in [0.717, 1.165) is 13.1 Å². The third-order valence-corrected chi connectivity index (χ3v) is 8.36. The minimum atomic E-state index is 1.02. The molecule has 0 N–H and O–H groups in total. The number of hydrogen-bond acceptors (Lipinski definition) is 2. The van der Waals surface area contributed by atoms with Crippen LogP contribution in [0.1, 0.15) is 25.0 Å². The second kappa shape index (κ2) is 6.75. The van der Waals surface area contributed by atoms with Crippen LogP contribution in [0.2, 0.25) is 0 Å². The van der Waals surface area contributed by atoms with Crippen LogP contribution in [0.3, 0.4) is 0 Å². The fourth-order valence-corrected chi connectivity index (χ4v) is 7.90. The van der Waals surface area contributed by atoms with Gasteiger partial charge in [0.1, 0.15) is 0 Å². The van der Waals surface area contributed by atoms with Crippen LogP contribution in [-0.4, -0.2) is 9.13 Å². The SMILES string of the molecule is CCn1c(=[P+]=c2sc3cc(C)ccc3n2CC)sc2cc(C)ccc21. The molecule has 0 unspecified atom stereocenters. The number of aromatic nitrogens is 2. The van der Waals surface area contributed by atoms with E-state index in [-0.39, 0.29) is 0 Å². The molecular weight excluding hydrogens is 363 g/mol. The Hall–Kier alpha value is -1.35. The predicted octanol–water partition coefficient (Wildman–Crippen LogP) is 7.09. The Labute approximate surface area is 157 Å². The monoisotopic (exact) mass is 385 g/mol. The van der Waals surface area contributed by atoms with Gasteiger partial charge in [0.2, 0.25) is 0 Å². The Morgan fingerprint density at radius 2 is 1.20 bits per heavy atom. The van der Waals surface area contributed by atoms with E-state index in [1.807, 2.05) is 22.7 Å². The summed E-state index contributed by atoms with van der Waals surface area (Å²) >= 11 is 3.87. The van der Waals surface area contributed by atoms with Crippen LogP contribution in [0.25, 0.3) is 20.4 Å². The van der Waals surface area contributed by atoms with Crippen LogP contribution >= 0.6 is 30.5 Å². The van der Waals surface area contributed by atoms with E-state index in [0.29, 0.717) is 0 Å². The number of thiazole rings is 2. The molecule has 128 valence electrons. The van der Waals surface area contributed by atoms with Gasteiger partial charge in [0.05, 0.1) is 0 Å². The first kappa shape index (κ1) is 17.1. The number of hydrogen-bond donors (Lipinski definition) is 0. The van der Waals surface area contributed by atoms with E-state index in [2.05, 4.69) is 73.2 Å². The van der Waals surface area contributed by atoms with Crippen molar-refractivity contribution >= 4 is 50.9 Å². The zero-order valence-corrected chi connectivity index (χ0v) is 17.6. The van der Waals surface area contributed by atoms with Crippen molar-refractivity contribution in [1.29, 1.82) is 0 Å². The second-order valence-corrected chi connectivity index (χ2v) is 10.0. The van der Waals surface area contributed by atoms with Crippen molar-refractivity contribution in [3.63, 3.8) is 0 Å². The van der Waals surface area contributed by atoms with Gasteiger partial charge >= 0.3 is 157 Å². The molecule has 0 aliphatic heterocycles. The second-order valence-electron chi connectivity index (χ2n) is 6.31. The van der Waals surface area contributed by atoms with E-state index in [1.165, 1.54) is 48.2 Å². The van der Waals surface area contributed by atoms with Crippen molar-refractivity contribution in [2.45, 2.75) is 40.8 Å². The summed E-state index contributed by atoms with van der Waals surface area (Å²) in [4.78, 5) is 0. The summed E-state index contributed by atoms with van der Waals surface area (Å²) in [5.74, 6) is 0. The molecule has 0 fully saturated rings.